The third-order valence-corrected chi connectivity index (χ3v) is 12.0. The predicted molar refractivity (Wildman–Crippen MR) is 144 cm³/mol. The van der Waals surface area contributed by atoms with E-state index in [0.29, 0.717) is 0 Å². The number of fused-ring (bicyclic) bond motifs is 6. The molecule has 1 aromatic heterocycles. The summed E-state index contributed by atoms with van der Waals surface area (Å²) in [4.78, 5) is 0. The van der Waals surface area contributed by atoms with Crippen molar-refractivity contribution in [3.05, 3.63) is 102 Å². The van der Waals surface area contributed by atoms with Crippen LogP contribution in [-0.4, -0.2) is 24.6 Å². The maximum atomic E-state index is 4.56. The Labute approximate surface area is 195 Å². The fourth-order valence-electron chi connectivity index (χ4n) is 4.95. The monoisotopic (exact) mass is 493 g/mol. The number of hydrogen-bond acceptors (Lipinski definition) is 0. The molecule has 1 aliphatic rings. The molecule has 6 rings (SSSR count). The molecule has 0 radical (unpaired) electrons. The molecule has 32 heavy (non-hydrogen) atoms. The van der Waals surface area contributed by atoms with Crippen LogP contribution in [0.3, 0.4) is 0 Å². The van der Waals surface area contributed by atoms with E-state index in [1.807, 2.05) is 11.3 Å². The molecule has 1 aliphatic heterocycles. The van der Waals surface area contributed by atoms with Crippen molar-refractivity contribution in [3.8, 4) is 0 Å². The Balaban J connectivity index is 1.65. The summed E-state index contributed by atoms with van der Waals surface area (Å²) < 4.78 is 6.40. The predicted octanol–water partition coefficient (Wildman–Crippen LogP) is 8.41. The summed E-state index contributed by atoms with van der Waals surface area (Å²) in [5.74, 6) is 7.48. The van der Waals surface area contributed by atoms with Gasteiger partial charge >= 0.3 is 196 Å². The molecule has 0 fully saturated rings. The van der Waals surface area contributed by atoms with Crippen LogP contribution in [0.2, 0.25) is 17.3 Å². The summed E-state index contributed by atoms with van der Waals surface area (Å²) in [6.07, 6.45) is 2.46. The summed E-state index contributed by atoms with van der Waals surface area (Å²) in [6.45, 7) is 4.56. The molecule has 156 valence electrons. The van der Waals surface area contributed by atoms with E-state index in [0.717, 1.165) is 0 Å². The summed E-state index contributed by atoms with van der Waals surface area (Å²) in [7, 11) is 0. The average Bonchev–Trinajstić information content (AvgIpc) is 3.17. The fourth-order valence-corrected chi connectivity index (χ4v) is 9.49. The van der Waals surface area contributed by atoms with Crippen molar-refractivity contribution in [2.45, 2.75) is 17.3 Å². The molecule has 0 atom stereocenters. The molecule has 1 nitrogen and oxygen atoms in total. The van der Waals surface area contributed by atoms with Crippen LogP contribution < -0.4 is 0 Å². The first-order valence-electron chi connectivity index (χ1n) is 11.1. The third-order valence-electron chi connectivity index (χ3n) is 6.53. The third kappa shape index (κ3) is 2.90. The molecule has 0 bridgehead atoms. The summed E-state index contributed by atoms with van der Waals surface area (Å²) in [5, 5.41) is 5.31. The van der Waals surface area contributed by atoms with Crippen LogP contribution in [0.4, 0.5) is 5.69 Å². The summed E-state index contributed by atoms with van der Waals surface area (Å²) in [6, 6.07) is 29.9. The van der Waals surface area contributed by atoms with Crippen LogP contribution in [0, 0.1) is 6.04 Å². The van der Waals surface area contributed by atoms with E-state index in [2.05, 4.69) is 114 Å². The molecule has 3 heteroatoms. The Kier molecular flexibility index (Phi) is 4.40. The molecule has 0 amide bonds. The molecule has 4 aromatic carbocycles. The molecule has 0 unspecified atom stereocenters. The van der Waals surface area contributed by atoms with Gasteiger partial charge in [0.25, 0.3) is 0 Å². The SMILES string of the molecule is C=[N+]1c2ccc3ccccc3c2[C]([Ge]([CH3])([CH3])[CH3])=C[C-]1c1cccc2c1[s+][c-]1ccccc21. The molecular formula is C29H25GeNS. The molecular weight excluding hydrogens is 467 g/mol. The van der Waals surface area contributed by atoms with E-state index in [1.165, 1.54) is 53.8 Å². The Morgan fingerprint density at radius 2 is 1.62 bits per heavy atom. The zero-order valence-electron chi connectivity index (χ0n) is 18.6. The summed E-state index contributed by atoms with van der Waals surface area (Å²) >= 11 is -0.325. The van der Waals surface area contributed by atoms with Crippen molar-refractivity contribution in [1.29, 1.82) is 0 Å². The zero-order chi connectivity index (χ0) is 22.0. The number of nitrogens with zero attached hydrogens (tertiary/aromatic N) is 1. The topological polar surface area (TPSA) is 3.01 Å². The summed E-state index contributed by atoms with van der Waals surface area (Å²) in [5.41, 5.74) is 3.88. The van der Waals surface area contributed by atoms with Gasteiger partial charge in [0.15, 0.2) is 0 Å². The van der Waals surface area contributed by atoms with Gasteiger partial charge in [0, 0.05) is 0 Å². The van der Waals surface area contributed by atoms with Gasteiger partial charge in [-0.05, 0) is 0 Å². The van der Waals surface area contributed by atoms with Gasteiger partial charge in [-0.2, -0.15) is 0 Å². The normalized spacial score (nSPS) is 14.3. The van der Waals surface area contributed by atoms with Crippen LogP contribution in [0.25, 0.3) is 35.4 Å². The fraction of sp³-hybridized carbons (Fsp3) is 0.103. The molecule has 0 spiro atoms. The van der Waals surface area contributed by atoms with Gasteiger partial charge in [0.1, 0.15) is 0 Å². The quantitative estimate of drug-likeness (QED) is 0.101. The number of thiophene rings is 1. The molecule has 0 aliphatic carbocycles. The van der Waals surface area contributed by atoms with Crippen molar-refractivity contribution >= 4 is 72.4 Å². The minimum absolute atomic E-state index is 1.21. The number of rotatable bonds is 2. The molecule has 0 saturated heterocycles. The van der Waals surface area contributed by atoms with Gasteiger partial charge in [0.05, 0.1) is 0 Å². The second-order valence-corrected chi connectivity index (χ2v) is 21.2. The maximum absolute atomic E-state index is 4.56. The van der Waals surface area contributed by atoms with Crippen molar-refractivity contribution in [2.75, 3.05) is 0 Å². The standard InChI is InChI=1S/C29H25GeNS/c1-30(2,3)24-18-26(31(4)25-17-16-19-10-5-6-11-20(19)28(24)25)23-14-9-13-22-21-12-7-8-15-27(21)32-29(22)23/h5-18H,4H2,1-3H3. The van der Waals surface area contributed by atoms with Gasteiger partial charge in [-0.15, -0.1) is 0 Å². The Morgan fingerprint density at radius 1 is 0.844 bits per heavy atom. The van der Waals surface area contributed by atoms with Crippen molar-refractivity contribution in [3.63, 3.8) is 0 Å². The number of hydrogen-bond donors (Lipinski definition) is 0. The van der Waals surface area contributed by atoms with Crippen LogP contribution in [0.15, 0.2) is 84.9 Å². The second-order valence-electron chi connectivity index (χ2n) is 9.58. The molecule has 0 N–H and O–H groups in total. The van der Waals surface area contributed by atoms with Gasteiger partial charge < -0.3 is 0 Å². The molecule has 5 aromatic rings. The van der Waals surface area contributed by atoms with E-state index < -0.39 is 13.3 Å². The van der Waals surface area contributed by atoms with Gasteiger partial charge in [-0.1, -0.05) is 0 Å². The first-order valence-corrected chi connectivity index (χ1v) is 19.2. The Morgan fingerprint density at radius 3 is 2.47 bits per heavy atom. The van der Waals surface area contributed by atoms with E-state index >= 15 is 0 Å². The van der Waals surface area contributed by atoms with E-state index in [-0.39, 0.29) is 0 Å². The van der Waals surface area contributed by atoms with Gasteiger partial charge in [0.2, 0.25) is 0 Å². The van der Waals surface area contributed by atoms with Gasteiger partial charge in [-0.3, -0.25) is 0 Å². The second kappa shape index (κ2) is 7.09. The first kappa shape index (κ1) is 19.8. The molecule has 2 heterocycles. The van der Waals surface area contributed by atoms with E-state index in [9.17, 15) is 0 Å². The minimum atomic E-state index is -2.21. The van der Waals surface area contributed by atoms with Crippen molar-refractivity contribution < 1.29 is 4.58 Å². The number of benzene rings is 4. The Bertz CT molecular complexity index is 1580. The van der Waals surface area contributed by atoms with Crippen LogP contribution in [-0.2, 0) is 0 Å². The van der Waals surface area contributed by atoms with Crippen LogP contribution >= 0.6 is 11.3 Å². The average molecular weight is 492 g/mol. The first-order chi connectivity index (χ1) is 15.4. The zero-order valence-corrected chi connectivity index (χ0v) is 21.6. The van der Waals surface area contributed by atoms with Gasteiger partial charge in [-0.25, -0.2) is 0 Å². The van der Waals surface area contributed by atoms with Crippen LogP contribution in [0.5, 0.6) is 0 Å². The van der Waals surface area contributed by atoms with Crippen molar-refractivity contribution in [1.82, 2.24) is 0 Å². The van der Waals surface area contributed by atoms with Crippen molar-refractivity contribution in [2.24, 2.45) is 0 Å². The van der Waals surface area contributed by atoms with E-state index in [1.54, 1.807) is 4.41 Å². The van der Waals surface area contributed by atoms with E-state index in [4.69, 9.17) is 0 Å². The Hall–Kier alpha value is -2.82. The molecule has 0 saturated carbocycles. The van der Waals surface area contributed by atoms with Crippen LogP contribution in [0.1, 0.15) is 11.1 Å².